The molecular formula is C18H18N4O2. The molecule has 0 radical (unpaired) electrons. The van der Waals surface area contributed by atoms with E-state index < -0.39 is 0 Å². The zero-order chi connectivity index (χ0) is 17.5. The molecular weight excluding hydrogens is 304 g/mol. The molecule has 6 nitrogen and oxygen atoms in total. The molecule has 1 amide bonds. The molecule has 0 aliphatic heterocycles. The number of hydrogen-bond donors (Lipinski definition) is 2. The molecule has 1 aromatic carbocycles. The summed E-state index contributed by atoms with van der Waals surface area (Å²) >= 11 is 0. The van der Waals surface area contributed by atoms with Crippen LogP contribution in [0.1, 0.15) is 16.1 Å². The zero-order valence-electron chi connectivity index (χ0n) is 13.3. The predicted octanol–water partition coefficient (Wildman–Crippen LogP) is 3.31. The van der Waals surface area contributed by atoms with E-state index in [4.69, 9.17) is 10.2 Å². The van der Waals surface area contributed by atoms with Gasteiger partial charge in [-0.3, -0.25) is 15.1 Å². The van der Waals surface area contributed by atoms with Crippen LogP contribution < -0.4 is 11.1 Å². The molecule has 0 saturated heterocycles. The van der Waals surface area contributed by atoms with Crippen LogP contribution in [-0.4, -0.2) is 16.9 Å². The first kappa shape index (κ1) is 17.0. The number of hydrogen-bond acceptors (Lipinski definition) is 4. The van der Waals surface area contributed by atoms with E-state index in [-0.39, 0.29) is 11.9 Å². The molecule has 0 aliphatic rings. The number of benzene rings is 1. The van der Waals surface area contributed by atoms with Crippen molar-refractivity contribution in [3.63, 3.8) is 0 Å². The lowest BCUT2D eigenvalue weighted by molar-refractivity contribution is 0.0976. The summed E-state index contributed by atoms with van der Waals surface area (Å²) in [7, 11) is 0. The molecule has 2 aromatic heterocycles. The molecule has 6 heteroatoms. The van der Waals surface area contributed by atoms with Crippen molar-refractivity contribution in [1.82, 2.24) is 10.3 Å². The van der Waals surface area contributed by atoms with E-state index in [1.807, 2.05) is 25.1 Å². The smallest absolute Gasteiger partial charge is 0.259 e. The first-order valence-corrected chi connectivity index (χ1v) is 7.17. The van der Waals surface area contributed by atoms with Gasteiger partial charge in [0.2, 0.25) is 5.96 Å². The van der Waals surface area contributed by atoms with Gasteiger partial charge >= 0.3 is 0 Å². The van der Waals surface area contributed by atoms with Crippen molar-refractivity contribution in [1.29, 1.82) is 0 Å². The summed E-state index contributed by atoms with van der Waals surface area (Å²) in [5.74, 6) is 0.497. The average molecular weight is 322 g/mol. The van der Waals surface area contributed by atoms with Crippen molar-refractivity contribution < 1.29 is 9.21 Å². The fourth-order valence-corrected chi connectivity index (χ4v) is 2.09. The molecule has 0 atom stereocenters. The van der Waals surface area contributed by atoms with Gasteiger partial charge in [-0.05, 0) is 43.3 Å². The first-order chi connectivity index (χ1) is 11.6. The predicted molar refractivity (Wildman–Crippen MR) is 95.2 cm³/mol. The van der Waals surface area contributed by atoms with Gasteiger partial charge in [0.25, 0.3) is 5.91 Å². The molecule has 0 fully saturated rings. The maximum absolute atomic E-state index is 11.9. The Balaban J connectivity index is 0.00000100. The lowest BCUT2D eigenvalue weighted by Gasteiger charge is -2.04. The third-order valence-electron chi connectivity index (χ3n) is 3.04. The number of aliphatic imine (C=N–C) groups is 1. The molecule has 0 saturated carbocycles. The van der Waals surface area contributed by atoms with Gasteiger partial charge in [0.15, 0.2) is 0 Å². The summed E-state index contributed by atoms with van der Waals surface area (Å²) in [4.78, 5) is 20.0. The lowest BCUT2D eigenvalue weighted by atomic mass is 10.2. The largest absolute Gasteiger partial charge is 0.461 e. The van der Waals surface area contributed by atoms with Crippen molar-refractivity contribution in [3.05, 3.63) is 73.3 Å². The van der Waals surface area contributed by atoms with Crippen LogP contribution in [0.2, 0.25) is 0 Å². The van der Waals surface area contributed by atoms with Gasteiger partial charge < -0.3 is 10.2 Å². The van der Waals surface area contributed by atoms with Crippen molar-refractivity contribution in [2.24, 2.45) is 10.7 Å². The topological polar surface area (TPSA) is 93.5 Å². The van der Waals surface area contributed by atoms with E-state index in [0.717, 1.165) is 16.7 Å². The number of rotatable bonds is 2. The number of aromatic nitrogens is 1. The van der Waals surface area contributed by atoms with Crippen LogP contribution in [0, 0.1) is 6.92 Å². The molecule has 3 aromatic rings. The minimum Gasteiger partial charge on any atom is -0.461 e. The number of fused-ring (bicyclic) bond motifs is 1. The van der Waals surface area contributed by atoms with E-state index >= 15 is 0 Å². The van der Waals surface area contributed by atoms with Crippen LogP contribution in [-0.2, 0) is 0 Å². The molecule has 3 rings (SSSR count). The molecule has 0 unspecified atom stereocenters. The molecule has 0 aliphatic carbocycles. The Kier molecular flexibility index (Phi) is 5.46. The van der Waals surface area contributed by atoms with Gasteiger partial charge in [0, 0.05) is 17.8 Å². The second kappa shape index (κ2) is 7.73. The number of guanidine groups is 1. The van der Waals surface area contributed by atoms with E-state index in [2.05, 4.69) is 28.5 Å². The Bertz CT molecular complexity index is 869. The Morgan fingerprint density at radius 1 is 1.29 bits per heavy atom. The Morgan fingerprint density at radius 2 is 2.08 bits per heavy atom. The van der Waals surface area contributed by atoms with Gasteiger partial charge in [0.1, 0.15) is 11.3 Å². The second-order valence-electron chi connectivity index (χ2n) is 4.77. The van der Waals surface area contributed by atoms with E-state index in [1.165, 1.54) is 6.20 Å². The van der Waals surface area contributed by atoms with Gasteiger partial charge in [-0.1, -0.05) is 0 Å². The van der Waals surface area contributed by atoms with Crippen LogP contribution in [0.15, 0.2) is 71.4 Å². The number of carbonyl (C=O) groups excluding carboxylic acids is 1. The maximum atomic E-state index is 11.9. The van der Waals surface area contributed by atoms with Crippen LogP contribution in [0.25, 0.3) is 11.0 Å². The fraction of sp³-hybridized carbons (Fsp3) is 0.0556. The third-order valence-corrected chi connectivity index (χ3v) is 3.04. The first-order valence-electron chi connectivity index (χ1n) is 7.17. The van der Waals surface area contributed by atoms with Crippen LogP contribution >= 0.6 is 0 Å². The summed E-state index contributed by atoms with van der Waals surface area (Å²) in [5.41, 5.74) is 7.61. The van der Waals surface area contributed by atoms with E-state index in [1.54, 1.807) is 24.4 Å². The van der Waals surface area contributed by atoms with E-state index in [9.17, 15) is 4.79 Å². The van der Waals surface area contributed by atoms with Gasteiger partial charge in [-0.15, -0.1) is 13.2 Å². The SMILES string of the molecule is C=C.Cc1cc2cc(N=C(N)NC(=O)c3cccnc3)ccc2o1. The molecule has 3 N–H and O–H groups in total. The number of aryl methyl sites for hydroxylation is 1. The van der Waals surface area contributed by atoms with Crippen LogP contribution in [0.4, 0.5) is 5.69 Å². The summed E-state index contributed by atoms with van der Waals surface area (Å²) in [6.45, 7) is 7.88. The van der Waals surface area contributed by atoms with Crippen molar-refractivity contribution >= 4 is 28.5 Å². The summed E-state index contributed by atoms with van der Waals surface area (Å²) in [6.07, 6.45) is 3.05. The Labute approximate surface area is 139 Å². The van der Waals surface area contributed by atoms with Gasteiger partial charge in [-0.2, -0.15) is 0 Å². The summed E-state index contributed by atoms with van der Waals surface area (Å²) in [5, 5.41) is 3.46. The third kappa shape index (κ3) is 4.07. The van der Waals surface area contributed by atoms with Crippen molar-refractivity contribution in [2.75, 3.05) is 0 Å². The number of nitrogens with two attached hydrogens (primary N) is 1. The highest BCUT2D eigenvalue weighted by molar-refractivity contribution is 6.05. The monoisotopic (exact) mass is 322 g/mol. The second-order valence-corrected chi connectivity index (χ2v) is 4.77. The summed E-state index contributed by atoms with van der Waals surface area (Å²) < 4.78 is 5.49. The Hall–Kier alpha value is -3.41. The number of carbonyl (C=O) groups is 1. The molecule has 122 valence electrons. The van der Waals surface area contributed by atoms with Crippen LogP contribution in [0.3, 0.4) is 0 Å². The Morgan fingerprint density at radius 3 is 2.79 bits per heavy atom. The average Bonchev–Trinajstić information content (AvgIpc) is 2.96. The highest BCUT2D eigenvalue weighted by Gasteiger charge is 2.07. The highest BCUT2D eigenvalue weighted by atomic mass is 16.3. The van der Waals surface area contributed by atoms with Crippen LogP contribution in [0.5, 0.6) is 0 Å². The van der Waals surface area contributed by atoms with E-state index in [0.29, 0.717) is 11.3 Å². The molecule has 2 heterocycles. The number of furan rings is 1. The number of nitrogens with one attached hydrogen (secondary N) is 1. The highest BCUT2D eigenvalue weighted by Crippen LogP contribution is 2.24. The molecule has 0 spiro atoms. The van der Waals surface area contributed by atoms with Gasteiger partial charge in [-0.25, -0.2) is 4.99 Å². The van der Waals surface area contributed by atoms with Crippen molar-refractivity contribution in [2.45, 2.75) is 6.92 Å². The number of pyridine rings is 1. The lowest BCUT2D eigenvalue weighted by Crippen LogP contribution is -2.36. The normalized spacial score (nSPS) is 10.8. The number of nitrogens with zero attached hydrogens (tertiary/aromatic N) is 2. The fourth-order valence-electron chi connectivity index (χ4n) is 2.09. The standard InChI is InChI=1S/C16H14N4O2.C2H4/c1-10-7-12-8-13(4-5-14(12)22-10)19-16(17)20-15(21)11-3-2-6-18-9-11;1-2/h2-9H,1H3,(H3,17,19,20,21);1-2H2. The molecule has 24 heavy (non-hydrogen) atoms. The minimum atomic E-state index is -0.352. The number of amides is 1. The minimum absolute atomic E-state index is 0.0217. The zero-order valence-corrected chi connectivity index (χ0v) is 13.3. The van der Waals surface area contributed by atoms with Gasteiger partial charge in [0.05, 0.1) is 11.3 Å². The summed E-state index contributed by atoms with van der Waals surface area (Å²) in [6, 6.07) is 10.7. The maximum Gasteiger partial charge on any atom is 0.259 e. The van der Waals surface area contributed by atoms with Crippen molar-refractivity contribution in [3.8, 4) is 0 Å². The molecule has 0 bridgehead atoms. The quantitative estimate of drug-likeness (QED) is 0.430.